The second-order valence-electron chi connectivity index (χ2n) is 5.41. The maximum atomic E-state index is 12.7. The van der Waals surface area contributed by atoms with Crippen LogP contribution >= 0.6 is 0 Å². The largest absolute Gasteiger partial charge is 0.457 e. The van der Waals surface area contributed by atoms with Gasteiger partial charge in [-0.3, -0.25) is 0 Å². The highest BCUT2D eigenvalue weighted by molar-refractivity contribution is 5.78. The van der Waals surface area contributed by atoms with Crippen molar-refractivity contribution in [2.45, 2.75) is 6.18 Å². The quantitative estimate of drug-likeness (QED) is 0.401. The standard InChI is InChI=1S/C21H15F3O/c22-21(23,24)18-11-13-19(14-12-18)25-20(17-9-5-2-6-10-17)15-16-7-3-1-4-8-16/h1-15H/b20-15-. The van der Waals surface area contributed by atoms with Crippen LogP contribution in [-0.2, 0) is 6.18 Å². The van der Waals surface area contributed by atoms with Gasteiger partial charge in [-0.1, -0.05) is 60.7 Å². The van der Waals surface area contributed by atoms with Gasteiger partial charge in [-0.25, -0.2) is 0 Å². The molecule has 0 N–H and O–H groups in total. The summed E-state index contributed by atoms with van der Waals surface area (Å²) in [5.41, 5.74) is 1.08. The van der Waals surface area contributed by atoms with E-state index in [1.54, 1.807) is 0 Å². The van der Waals surface area contributed by atoms with Gasteiger partial charge in [-0.2, -0.15) is 13.2 Å². The molecule has 0 heterocycles. The molecule has 4 heteroatoms. The molecule has 0 unspecified atom stereocenters. The van der Waals surface area contributed by atoms with Crippen molar-refractivity contribution in [1.29, 1.82) is 0 Å². The van der Waals surface area contributed by atoms with E-state index >= 15 is 0 Å². The van der Waals surface area contributed by atoms with Crippen LogP contribution in [0.1, 0.15) is 16.7 Å². The maximum Gasteiger partial charge on any atom is 0.416 e. The Morgan fingerprint density at radius 2 is 1.28 bits per heavy atom. The van der Waals surface area contributed by atoms with Gasteiger partial charge in [0.25, 0.3) is 0 Å². The molecular formula is C21H15F3O. The molecule has 0 aliphatic carbocycles. The third-order valence-corrected chi connectivity index (χ3v) is 3.57. The number of ether oxygens (including phenoxy) is 1. The lowest BCUT2D eigenvalue weighted by Gasteiger charge is -2.12. The first-order valence-electron chi connectivity index (χ1n) is 7.70. The monoisotopic (exact) mass is 340 g/mol. The lowest BCUT2D eigenvalue weighted by atomic mass is 10.1. The SMILES string of the molecule is FC(F)(F)c1ccc(O/C(=C\c2ccccc2)c2ccccc2)cc1. The van der Waals surface area contributed by atoms with Crippen LogP contribution in [0.4, 0.5) is 13.2 Å². The minimum Gasteiger partial charge on any atom is -0.457 e. The van der Waals surface area contributed by atoms with Gasteiger partial charge in [0.15, 0.2) is 0 Å². The maximum absolute atomic E-state index is 12.7. The molecule has 3 aromatic rings. The smallest absolute Gasteiger partial charge is 0.416 e. The zero-order valence-corrected chi connectivity index (χ0v) is 13.2. The first-order chi connectivity index (χ1) is 12.0. The van der Waals surface area contributed by atoms with Gasteiger partial charge in [-0.15, -0.1) is 0 Å². The lowest BCUT2D eigenvalue weighted by Crippen LogP contribution is -2.04. The van der Waals surface area contributed by atoms with E-state index in [2.05, 4.69) is 0 Å². The summed E-state index contributed by atoms with van der Waals surface area (Å²) in [6, 6.07) is 23.7. The van der Waals surface area contributed by atoms with E-state index in [-0.39, 0.29) is 0 Å². The molecule has 0 fully saturated rings. The van der Waals surface area contributed by atoms with Gasteiger partial charge < -0.3 is 4.74 Å². The van der Waals surface area contributed by atoms with Crippen LogP contribution in [0.15, 0.2) is 84.9 Å². The Morgan fingerprint density at radius 1 is 0.720 bits per heavy atom. The molecule has 0 spiro atoms. The zero-order valence-electron chi connectivity index (χ0n) is 13.2. The molecule has 3 rings (SSSR count). The molecule has 3 aromatic carbocycles. The van der Waals surface area contributed by atoms with Crippen LogP contribution in [-0.4, -0.2) is 0 Å². The second-order valence-corrected chi connectivity index (χ2v) is 5.41. The molecule has 0 aliphatic heterocycles. The fourth-order valence-corrected chi connectivity index (χ4v) is 2.31. The molecule has 0 amide bonds. The predicted molar refractivity (Wildman–Crippen MR) is 92.8 cm³/mol. The molecule has 0 aromatic heterocycles. The number of hydrogen-bond acceptors (Lipinski definition) is 1. The highest BCUT2D eigenvalue weighted by atomic mass is 19.4. The zero-order chi connectivity index (χ0) is 17.7. The first-order valence-corrected chi connectivity index (χ1v) is 7.70. The van der Waals surface area contributed by atoms with Crippen LogP contribution < -0.4 is 4.74 Å². The summed E-state index contributed by atoms with van der Waals surface area (Å²) in [6.07, 6.45) is -2.51. The van der Waals surface area contributed by atoms with Crippen molar-refractivity contribution in [2.24, 2.45) is 0 Å². The first kappa shape index (κ1) is 16.8. The van der Waals surface area contributed by atoms with Gasteiger partial charge in [0.2, 0.25) is 0 Å². The highest BCUT2D eigenvalue weighted by Crippen LogP contribution is 2.31. The molecule has 0 atom stereocenters. The van der Waals surface area contributed by atoms with E-state index in [1.807, 2.05) is 66.7 Å². The molecule has 25 heavy (non-hydrogen) atoms. The molecule has 126 valence electrons. The average molecular weight is 340 g/mol. The Morgan fingerprint density at radius 3 is 1.84 bits per heavy atom. The van der Waals surface area contributed by atoms with Crippen LogP contribution in [0.2, 0.25) is 0 Å². The highest BCUT2D eigenvalue weighted by Gasteiger charge is 2.30. The summed E-state index contributed by atoms with van der Waals surface area (Å²) in [4.78, 5) is 0. The van der Waals surface area contributed by atoms with Crippen LogP contribution in [0.25, 0.3) is 11.8 Å². The number of alkyl halides is 3. The Hall–Kier alpha value is -3.01. The Kier molecular flexibility index (Phi) is 4.89. The minimum atomic E-state index is -4.36. The number of benzene rings is 3. The molecular weight excluding hydrogens is 325 g/mol. The van der Waals surface area contributed by atoms with Gasteiger partial charge in [0.1, 0.15) is 11.5 Å². The Labute approximate surface area is 144 Å². The minimum absolute atomic E-state index is 0.346. The summed E-state index contributed by atoms with van der Waals surface area (Å²) in [5.74, 6) is 0.908. The van der Waals surface area contributed by atoms with Crippen molar-refractivity contribution < 1.29 is 17.9 Å². The van der Waals surface area contributed by atoms with E-state index in [0.29, 0.717) is 11.5 Å². The Bertz CT molecular complexity index is 836. The molecule has 0 aliphatic rings. The van der Waals surface area contributed by atoms with Crippen LogP contribution in [0.3, 0.4) is 0 Å². The third-order valence-electron chi connectivity index (χ3n) is 3.57. The topological polar surface area (TPSA) is 9.23 Å². The van der Waals surface area contributed by atoms with Crippen LogP contribution in [0.5, 0.6) is 5.75 Å². The van der Waals surface area contributed by atoms with Crippen molar-refractivity contribution >= 4 is 11.8 Å². The van der Waals surface area contributed by atoms with Crippen molar-refractivity contribution in [2.75, 3.05) is 0 Å². The van der Waals surface area contributed by atoms with Gasteiger partial charge in [0, 0.05) is 5.56 Å². The average Bonchev–Trinajstić information content (AvgIpc) is 2.62. The lowest BCUT2D eigenvalue weighted by molar-refractivity contribution is -0.137. The van der Waals surface area contributed by atoms with Gasteiger partial charge in [0.05, 0.1) is 5.56 Å². The fourth-order valence-electron chi connectivity index (χ4n) is 2.31. The fraction of sp³-hybridized carbons (Fsp3) is 0.0476. The second kappa shape index (κ2) is 7.26. The molecule has 0 radical (unpaired) electrons. The van der Waals surface area contributed by atoms with E-state index in [1.165, 1.54) is 12.1 Å². The summed E-state index contributed by atoms with van der Waals surface area (Å²) >= 11 is 0. The van der Waals surface area contributed by atoms with Gasteiger partial charge in [-0.05, 0) is 35.9 Å². The van der Waals surface area contributed by atoms with Crippen molar-refractivity contribution in [3.63, 3.8) is 0 Å². The van der Waals surface area contributed by atoms with Crippen molar-refractivity contribution in [1.82, 2.24) is 0 Å². The van der Waals surface area contributed by atoms with E-state index in [4.69, 9.17) is 4.74 Å². The van der Waals surface area contributed by atoms with E-state index in [0.717, 1.165) is 23.3 Å². The van der Waals surface area contributed by atoms with E-state index < -0.39 is 11.7 Å². The number of hydrogen-bond donors (Lipinski definition) is 0. The summed E-state index contributed by atoms with van der Waals surface area (Å²) < 4.78 is 43.9. The summed E-state index contributed by atoms with van der Waals surface area (Å²) in [6.45, 7) is 0. The van der Waals surface area contributed by atoms with E-state index in [9.17, 15) is 13.2 Å². The van der Waals surface area contributed by atoms with Crippen molar-refractivity contribution in [3.8, 4) is 5.75 Å². The molecule has 0 bridgehead atoms. The number of halogens is 3. The normalized spacial score (nSPS) is 12.0. The third kappa shape index (κ3) is 4.51. The van der Waals surface area contributed by atoms with Gasteiger partial charge >= 0.3 is 6.18 Å². The summed E-state index contributed by atoms with van der Waals surface area (Å²) in [7, 11) is 0. The van der Waals surface area contributed by atoms with Crippen molar-refractivity contribution in [3.05, 3.63) is 102 Å². The molecule has 0 saturated heterocycles. The Balaban J connectivity index is 1.92. The molecule has 1 nitrogen and oxygen atoms in total. The summed E-state index contributed by atoms with van der Waals surface area (Å²) in [5, 5.41) is 0. The molecule has 0 saturated carbocycles. The predicted octanol–water partition coefficient (Wildman–Crippen LogP) is 6.28. The number of rotatable bonds is 4. The van der Waals surface area contributed by atoms with Crippen LogP contribution in [0, 0.1) is 0 Å².